The number of nitrogens with two attached hydrogens (primary N) is 4. The summed E-state index contributed by atoms with van der Waals surface area (Å²) in [7, 11) is 0. The Kier molecular flexibility index (Phi) is 38.8. The monoisotopic (exact) mass is 1630 g/mol. The summed E-state index contributed by atoms with van der Waals surface area (Å²) in [6.07, 6.45) is 1.28. The number of rotatable bonds is 50. The summed E-state index contributed by atoms with van der Waals surface area (Å²) in [5, 5.41) is 71.9. The Morgan fingerprint density at radius 1 is 0.456 bits per heavy atom. The predicted octanol–water partition coefficient (Wildman–Crippen LogP) is -4.70. The molecule has 26 N–H and O–H groups in total. The third kappa shape index (κ3) is 30.7. The Morgan fingerprint density at radius 3 is 1.33 bits per heavy atom. The lowest BCUT2D eigenvalue weighted by atomic mass is 10.0. The minimum Gasteiger partial charge on any atom is -0.508 e. The predicted molar refractivity (Wildman–Crippen MR) is 421 cm³/mol. The largest absolute Gasteiger partial charge is 0.508 e. The summed E-state index contributed by atoms with van der Waals surface area (Å²) in [5.41, 5.74) is 25.0. The van der Waals surface area contributed by atoms with E-state index in [4.69, 9.17) is 22.9 Å². The molecule has 0 spiro atoms. The number of primary amides is 2. The minimum absolute atomic E-state index is 0.0700. The maximum atomic E-state index is 15.0. The van der Waals surface area contributed by atoms with Gasteiger partial charge in [-0.3, -0.25) is 67.1 Å². The number of phenolic OH excluding ortho intramolecular Hbond substituents is 1. The number of thiol groups is 2. The molecule has 0 aliphatic carbocycles. The molecule has 2 heterocycles. The first-order valence-corrected chi connectivity index (χ1v) is 38.1. The molecule has 0 aliphatic heterocycles. The van der Waals surface area contributed by atoms with Gasteiger partial charge in [0.25, 0.3) is 0 Å². The molecular weight excluding hydrogens is 1520 g/mol. The summed E-state index contributed by atoms with van der Waals surface area (Å²) in [5.74, 6) is -16.9. The van der Waals surface area contributed by atoms with Crippen LogP contribution in [0.3, 0.4) is 0 Å². The van der Waals surface area contributed by atoms with Crippen LogP contribution in [0.4, 0.5) is 0 Å². The lowest BCUT2D eigenvalue weighted by Crippen LogP contribution is -2.62. The molecule has 5 rings (SSSR count). The van der Waals surface area contributed by atoms with Crippen LogP contribution in [0.15, 0.2) is 97.6 Å². The lowest BCUT2D eigenvalue weighted by Gasteiger charge is -2.28. The number of phenols is 1. The van der Waals surface area contributed by atoms with E-state index in [0.29, 0.717) is 39.7 Å². The summed E-state index contributed by atoms with van der Waals surface area (Å²) in [6, 6.07) is 0.209. The highest BCUT2D eigenvalue weighted by atomic mass is 32.1. The molecule has 114 heavy (non-hydrogen) atoms. The van der Waals surface area contributed by atoms with Crippen LogP contribution >= 0.6 is 25.3 Å². The number of amides is 14. The van der Waals surface area contributed by atoms with Gasteiger partial charge in [-0.15, -0.1) is 0 Å². The number of carboxylic acid groups (broad SMARTS) is 1. The van der Waals surface area contributed by atoms with E-state index in [-0.39, 0.29) is 74.7 Å². The molecule has 0 unspecified atom stereocenters. The Balaban J connectivity index is 1.41. The molecule has 0 fully saturated rings. The van der Waals surface area contributed by atoms with Gasteiger partial charge in [0.2, 0.25) is 82.7 Å². The average Bonchev–Trinajstić information content (AvgIpc) is 1.61. The molecule has 5 aromatic rings. The van der Waals surface area contributed by atoms with E-state index in [9.17, 15) is 92.3 Å². The van der Waals surface area contributed by atoms with E-state index >= 15 is 0 Å². The van der Waals surface area contributed by atoms with Crippen molar-refractivity contribution in [2.75, 3.05) is 31.3 Å². The van der Waals surface area contributed by atoms with Crippen LogP contribution in [0, 0.1) is 11.8 Å². The van der Waals surface area contributed by atoms with Crippen LogP contribution in [-0.4, -0.2) is 234 Å². The highest BCUT2D eigenvalue weighted by Crippen LogP contribution is 2.21. The fraction of sp³-hybridized carbons (Fsp3) is 0.486. The fourth-order valence-corrected chi connectivity index (χ4v) is 12.1. The zero-order valence-electron chi connectivity index (χ0n) is 63.5. The van der Waals surface area contributed by atoms with Gasteiger partial charge in [-0.2, -0.15) is 25.3 Å². The van der Waals surface area contributed by atoms with Crippen molar-refractivity contribution >= 4 is 125 Å². The van der Waals surface area contributed by atoms with E-state index < -0.39 is 212 Å². The van der Waals surface area contributed by atoms with Crippen LogP contribution in [0.1, 0.15) is 101 Å². The van der Waals surface area contributed by atoms with Crippen LogP contribution in [-0.2, 0) is 97.6 Å². The van der Waals surface area contributed by atoms with Crippen LogP contribution < -0.4 is 86.7 Å². The number of aromatic nitrogens is 3. The van der Waals surface area contributed by atoms with Crippen molar-refractivity contribution < 1.29 is 92.3 Å². The van der Waals surface area contributed by atoms with Gasteiger partial charge in [-0.1, -0.05) is 88.4 Å². The standard InChI is InChI=1S/C74H105N19O19S2/c1-38(2)26-51(66(103)89-55(30-43-32-79-37-81-43)70(107)88-54(69(106)92-58(36-114)74(111)112)29-42-31-80-47-15-9-8-14-45(42)47)85-65(102)50(22-24-60(78)98)84-71(108)56(33-94)90-68(105)52(27-40-12-6-5-7-13-40)87-67(104)53(28-41-17-19-44(96)20-18-41)86-63(100)48(16-10-11-25-75)82-64(101)49(21-23-59(77)97)83-72(109)57(34-95)91-73(110)61(39(3)4)93-62(99)46(76)35-113/h5-9,12-15,17-20,31-32,37-39,46,48-58,61,80,94-96,113-114H,10-11,16,21-30,33-36,75-76H2,1-4H3,(H2,77,97)(H2,78,98)(H,79,81)(H,82,101)(H,83,109)(H,84,108)(H,85,102)(H,86,100)(H,87,104)(H,88,107)(H,89,103)(H,90,105)(H,91,110)(H,92,106)(H,93,99)(H,111,112)/t46-,48+,49+,50+,51+,52+,53+,54+,55+,56+,57+,58+,61+/m1/s1. The number of para-hydroxylation sites is 1. The smallest absolute Gasteiger partial charge is 0.327 e. The van der Waals surface area contributed by atoms with Crippen molar-refractivity contribution in [3.8, 4) is 5.75 Å². The number of fused-ring (bicyclic) bond motifs is 1. The number of aliphatic carboxylic acids is 1. The third-order valence-corrected chi connectivity index (χ3v) is 18.8. The van der Waals surface area contributed by atoms with Gasteiger partial charge in [0.1, 0.15) is 78.3 Å². The quantitative estimate of drug-likeness (QED) is 0.0128. The highest BCUT2D eigenvalue weighted by Gasteiger charge is 2.39. The van der Waals surface area contributed by atoms with Gasteiger partial charge in [-0.05, 0) is 91.8 Å². The maximum absolute atomic E-state index is 15.0. The van der Waals surface area contributed by atoms with E-state index in [2.05, 4.69) is 104 Å². The number of hydrogen-bond donors (Lipinski definition) is 24. The summed E-state index contributed by atoms with van der Waals surface area (Å²) in [6.45, 7) is 4.50. The first-order valence-electron chi connectivity index (χ1n) is 36.9. The van der Waals surface area contributed by atoms with Gasteiger partial charge in [0.15, 0.2) is 0 Å². The number of aliphatic hydroxyl groups is 2. The van der Waals surface area contributed by atoms with Crippen molar-refractivity contribution in [2.24, 2.45) is 34.8 Å². The molecule has 0 saturated heterocycles. The summed E-state index contributed by atoms with van der Waals surface area (Å²) in [4.78, 5) is 218. The molecule has 0 bridgehead atoms. The molecule has 38 nitrogen and oxygen atoms in total. The number of nitrogens with zero attached hydrogens (tertiary/aromatic N) is 1. The third-order valence-electron chi connectivity index (χ3n) is 18.0. The number of imidazole rings is 1. The lowest BCUT2D eigenvalue weighted by molar-refractivity contribution is -0.141. The zero-order chi connectivity index (χ0) is 84.3. The number of hydrogen-bond acceptors (Lipinski definition) is 23. The van der Waals surface area contributed by atoms with E-state index in [1.807, 2.05) is 0 Å². The Morgan fingerprint density at radius 2 is 0.877 bits per heavy atom. The van der Waals surface area contributed by atoms with Crippen LogP contribution in [0.5, 0.6) is 5.75 Å². The summed E-state index contributed by atoms with van der Waals surface area (Å²) >= 11 is 8.08. The molecule has 13 atom stereocenters. The van der Waals surface area contributed by atoms with Crippen molar-refractivity contribution in [1.29, 1.82) is 0 Å². The van der Waals surface area contributed by atoms with E-state index in [0.717, 1.165) is 0 Å². The number of carbonyl (C=O) groups excluding carboxylic acids is 14. The molecular formula is C74H105N19O19S2. The number of aliphatic hydroxyl groups excluding tert-OH is 2. The molecule has 2 aromatic heterocycles. The minimum atomic E-state index is -1.95. The van der Waals surface area contributed by atoms with Crippen molar-refractivity contribution in [1.82, 2.24) is 78.8 Å². The number of H-pyrrole nitrogens is 2. The first kappa shape index (κ1) is 93.4. The number of carbonyl (C=O) groups is 15. The molecule has 40 heteroatoms. The second-order valence-corrected chi connectivity index (χ2v) is 28.6. The molecule has 622 valence electrons. The van der Waals surface area contributed by atoms with Crippen molar-refractivity contribution in [3.05, 3.63) is 120 Å². The SMILES string of the molecule is CC(C)C[C@H](NC(=O)[C@H](CCC(N)=O)NC(=O)[C@H](CO)NC(=O)[C@H](Cc1ccccc1)NC(=O)[C@H](Cc1ccc(O)cc1)NC(=O)[C@H](CCCCN)NC(=O)[C@H](CCC(N)=O)NC(=O)[C@H](CO)NC(=O)[C@@H](NC(=O)[C@H](N)CS)C(C)C)C(=O)N[C@@H](Cc1cnc[nH]1)C(=O)N[C@@H](Cc1c[nH]c2ccccc12)C(=O)N[C@@H](CS)C(=O)O. The number of aromatic amines is 2. The van der Waals surface area contributed by atoms with Gasteiger partial charge in [-0.25, -0.2) is 9.78 Å². The normalized spacial score (nSPS) is 14.7. The van der Waals surface area contributed by atoms with Crippen LogP contribution in [0.25, 0.3) is 10.9 Å². The van der Waals surface area contributed by atoms with Crippen molar-refractivity contribution in [2.45, 2.75) is 183 Å². The Hall–Kier alpha value is -11.2. The second kappa shape index (κ2) is 47.3. The molecule has 0 radical (unpaired) electrons. The maximum Gasteiger partial charge on any atom is 0.327 e. The first-order chi connectivity index (χ1) is 54.2. The number of aromatic hydroxyl groups is 1. The number of benzene rings is 3. The second-order valence-electron chi connectivity index (χ2n) is 27.9. The highest BCUT2D eigenvalue weighted by molar-refractivity contribution is 7.80. The van der Waals surface area contributed by atoms with E-state index in [1.54, 1.807) is 88.5 Å². The number of nitrogens with one attached hydrogen (secondary N) is 14. The summed E-state index contributed by atoms with van der Waals surface area (Å²) < 4.78 is 0. The van der Waals surface area contributed by atoms with Gasteiger partial charge >= 0.3 is 5.97 Å². The van der Waals surface area contributed by atoms with Crippen molar-refractivity contribution in [3.63, 3.8) is 0 Å². The van der Waals surface area contributed by atoms with Crippen LogP contribution in [0.2, 0.25) is 0 Å². The zero-order valence-corrected chi connectivity index (χ0v) is 65.3. The average molecular weight is 1630 g/mol. The Bertz CT molecular complexity index is 4080. The van der Waals surface area contributed by atoms with Gasteiger partial charge < -0.3 is 117 Å². The molecule has 14 amide bonds. The number of unbranched alkanes of at least 4 members (excludes halogenated alkanes) is 1. The molecule has 0 saturated carbocycles. The van der Waals surface area contributed by atoms with E-state index in [1.165, 1.54) is 36.8 Å². The fourth-order valence-electron chi connectivity index (χ4n) is 11.7. The molecule has 0 aliphatic rings. The topological polar surface area (TPSA) is 630 Å². The Labute approximate surface area is 667 Å². The number of carboxylic acids is 1. The van der Waals surface area contributed by atoms with Gasteiger partial charge in [0, 0.05) is 79.0 Å². The molecule has 3 aromatic carbocycles. The van der Waals surface area contributed by atoms with Gasteiger partial charge in [0.05, 0.1) is 25.6 Å².